The molecule has 0 saturated carbocycles. The zero-order valence-electron chi connectivity index (χ0n) is 4.29. The third-order valence-electron chi connectivity index (χ3n) is 0.604. The quantitative estimate of drug-likeness (QED) is 0.563. The lowest BCUT2D eigenvalue weighted by atomic mass is 10.1. The third kappa shape index (κ3) is 3.16. The molecule has 0 aliphatic rings. The second-order valence-corrected chi connectivity index (χ2v) is 1.42. The average Bonchev–Trinajstić information content (AvgIpc) is 1.65. The fourth-order valence-electron chi connectivity index (χ4n) is 0.256. The smallest absolute Gasteiger partial charge is 0.304 e. The molecule has 1 unspecified atom stereocenters. The van der Waals surface area contributed by atoms with E-state index in [2.05, 4.69) is 6.92 Å². The molecule has 1 atom stereocenters. The molecule has 3 nitrogen and oxygen atoms in total. The summed E-state index contributed by atoms with van der Waals surface area (Å²) in [6.45, 7) is 3.25. The predicted octanol–water partition coefficient (Wildman–Crippen LogP) is 0.435. The molecule has 0 saturated heterocycles. The van der Waals surface area contributed by atoms with Gasteiger partial charge in [-0.1, -0.05) is 0 Å². The van der Waals surface area contributed by atoms with Gasteiger partial charge < -0.3 is 5.11 Å². The van der Waals surface area contributed by atoms with E-state index in [0.717, 1.165) is 0 Å². The largest absolute Gasteiger partial charge is 0.481 e. The highest BCUT2D eigenvalue weighted by atomic mass is 16.4. The monoisotopic (exact) mass is 112 g/mol. The van der Waals surface area contributed by atoms with Crippen LogP contribution in [-0.4, -0.2) is 11.1 Å². The van der Waals surface area contributed by atoms with Gasteiger partial charge in [0.1, 0.15) is 0 Å². The summed E-state index contributed by atoms with van der Waals surface area (Å²) in [5.41, 5.74) is 0. The number of hydrogen-bond acceptors (Lipinski definition) is 2. The van der Waals surface area contributed by atoms with E-state index in [9.17, 15) is 4.79 Å². The van der Waals surface area contributed by atoms with Crippen LogP contribution in [0.1, 0.15) is 6.42 Å². The van der Waals surface area contributed by atoms with E-state index in [0.29, 0.717) is 0 Å². The van der Waals surface area contributed by atoms with Crippen molar-refractivity contribution in [3.8, 4) is 6.07 Å². The van der Waals surface area contributed by atoms with E-state index >= 15 is 0 Å². The van der Waals surface area contributed by atoms with Crippen LogP contribution in [-0.2, 0) is 4.79 Å². The summed E-state index contributed by atoms with van der Waals surface area (Å²) < 4.78 is 0. The van der Waals surface area contributed by atoms with Crippen LogP contribution in [0.2, 0.25) is 0 Å². The van der Waals surface area contributed by atoms with Gasteiger partial charge in [0, 0.05) is 0 Å². The lowest BCUT2D eigenvalue weighted by Crippen LogP contribution is -2.01. The van der Waals surface area contributed by atoms with Crippen molar-refractivity contribution in [3.63, 3.8) is 0 Å². The minimum absolute atomic E-state index is 0.170. The van der Waals surface area contributed by atoms with Gasteiger partial charge in [0.05, 0.1) is 18.4 Å². The van der Waals surface area contributed by atoms with Crippen LogP contribution < -0.4 is 0 Å². The number of carboxylic acid groups (broad SMARTS) is 1. The maximum atomic E-state index is 9.78. The molecule has 0 aromatic carbocycles. The molecule has 1 radical (unpaired) electrons. The topological polar surface area (TPSA) is 61.1 Å². The molecule has 0 aliphatic heterocycles. The predicted molar refractivity (Wildman–Crippen MR) is 26.7 cm³/mol. The zero-order chi connectivity index (χ0) is 6.57. The molecular formula is C5H6NO2. The average molecular weight is 112 g/mol. The number of carbonyl (C=O) groups is 1. The molecule has 0 spiro atoms. The maximum Gasteiger partial charge on any atom is 0.304 e. The summed E-state index contributed by atoms with van der Waals surface area (Å²) in [4.78, 5) is 9.78. The molecule has 0 rings (SSSR count). The van der Waals surface area contributed by atoms with Crippen LogP contribution >= 0.6 is 0 Å². The highest BCUT2D eigenvalue weighted by Gasteiger charge is 2.03. The van der Waals surface area contributed by atoms with Gasteiger partial charge in [-0.2, -0.15) is 5.26 Å². The zero-order valence-corrected chi connectivity index (χ0v) is 4.29. The number of carboxylic acids is 1. The van der Waals surface area contributed by atoms with E-state index in [1.807, 2.05) is 0 Å². The standard InChI is InChI=1S/C5H6NO2/c1-4(3-6)2-5(7)8/h4H,1-2H2,(H,7,8). The Hall–Kier alpha value is -1.04. The van der Waals surface area contributed by atoms with Crippen molar-refractivity contribution in [1.82, 2.24) is 0 Å². The van der Waals surface area contributed by atoms with Crippen molar-refractivity contribution >= 4 is 5.97 Å². The Kier molecular flexibility index (Phi) is 2.63. The molecule has 0 bridgehead atoms. The third-order valence-corrected chi connectivity index (χ3v) is 0.604. The van der Waals surface area contributed by atoms with Crippen molar-refractivity contribution in [2.45, 2.75) is 6.42 Å². The molecule has 0 aromatic rings. The molecule has 0 fully saturated rings. The summed E-state index contributed by atoms with van der Waals surface area (Å²) >= 11 is 0. The second kappa shape index (κ2) is 3.03. The van der Waals surface area contributed by atoms with Crippen molar-refractivity contribution in [1.29, 1.82) is 5.26 Å². The highest BCUT2D eigenvalue weighted by Crippen LogP contribution is 1.96. The first-order valence-corrected chi connectivity index (χ1v) is 2.11. The Morgan fingerprint density at radius 3 is 2.62 bits per heavy atom. The Morgan fingerprint density at radius 1 is 2.00 bits per heavy atom. The van der Waals surface area contributed by atoms with Crippen LogP contribution in [0.3, 0.4) is 0 Å². The molecule has 0 heterocycles. The SMILES string of the molecule is [CH2]C(C#N)CC(=O)O. The molecule has 0 aromatic heterocycles. The molecule has 3 heteroatoms. The minimum atomic E-state index is -0.980. The summed E-state index contributed by atoms with van der Waals surface area (Å²) in [6.07, 6.45) is -0.170. The Morgan fingerprint density at radius 2 is 2.50 bits per heavy atom. The van der Waals surface area contributed by atoms with Crippen molar-refractivity contribution in [3.05, 3.63) is 6.92 Å². The van der Waals surface area contributed by atoms with Crippen LogP contribution in [0.4, 0.5) is 0 Å². The summed E-state index contributed by atoms with van der Waals surface area (Å²) in [7, 11) is 0. The fraction of sp³-hybridized carbons (Fsp3) is 0.400. The van der Waals surface area contributed by atoms with Crippen LogP contribution in [0, 0.1) is 24.2 Å². The maximum absolute atomic E-state index is 9.78. The highest BCUT2D eigenvalue weighted by molar-refractivity contribution is 5.67. The van der Waals surface area contributed by atoms with E-state index in [-0.39, 0.29) is 6.42 Å². The van der Waals surface area contributed by atoms with Crippen molar-refractivity contribution < 1.29 is 9.90 Å². The van der Waals surface area contributed by atoms with Gasteiger partial charge in [0.15, 0.2) is 0 Å². The summed E-state index contributed by atoms with van der Waals surface area (Å²) in [5, 5.41) is 16.0. The summed E-state index contributed by atoms with van der Waals surface area (Å²) in [5.74, 6) is -1.60. The van der Waals surface area contributed by atoms with Crippen LogP contribution in [0.15, 0.2) is 0 Å². The number of aliphatic carboxylic acids is 1. The number of nitriles is 1. The number of nitrogens with zero attached hydrogens (tertiary/aromatic N) is 1. The Labute approximate surface area is 47.5 Å². The van der Waals surface area contributed by atoms with E-state index in [4.69, 9.17) is 10.4 Å². The van der Waals surface area contributed by atoms with E-state index in [1.54, 1.807) is 6.07 Å². The Bertz CT molecular complexity index is 125. The molecule has 0 aliphatic carbocycles. The van der Waals surface area contributed by atoms with Crippen molar-refractivity contribution in [2.75, 3.05) is 0 Å². The van der Waals surface area contributed by atoms with Crippen molar-refractivity contribution in [2.24, 2.45) is 5.92 Å². The van der Waals surface area contributed by atoms with E-state index < -0.39 is 11.9 Å². The van der Waals surface area contributed by atoms with Crippen LogP contribution in [0.25, 0.3) is 0 Å². The van der Waals surface area contributed by atoms with Crippen LogP contribution in [0.5, 0.6) is 0 Å². The van der Waals surface area contributed by atoms with Gasteiger partial charge >= 0.3 is 5.97 Å². The summed E-state index contributed by atoms with van der Waals surface area (Å²) in [6, 6.07) is 1.70. The van der Waals surface area contributed by atoms with Gasteiger partial charge in [-0.25, -0.2) is 0 Å². The number of rotatable bonds is 2. The van der Waals surface area contributed by atoms with E-state index in [1.165, 1.54) is 0 Å². The van der Waals surface area contributed by atoms with Gasteiger partial charge in [-0.15, -0.1) is 0 Å². The normalized spacial score (nSPS) is 12.0. The minimum Gasteiger partial charge on any atom is -0.481 e. The Balaban J connectivity index is 3.43. The van der Waals surface area contributed by atoms with Gasteiger partial charge in [-0.3, -0.25) is 4.79 Å². The molecule has 0 amide bonds. The van der Waals surface area contributed by atoms with Gasteiger partial charge in [0.25, 0.3) is 0 Å². The first-order chi connectivity index (χ1) is 3.66. The first kappa shape index (κ1) is 6.96. The van der Waals surface area contributed by atoms with Gasteiger partial charge in [0.2, 0.25) is 0 Å². The molecular weight excluding hydrogens is 106 g/mol. The lowest BCUT2D eigenvalue weighted by molar-refractivity contribution is -0.137. The second-order valence-electron chi connectivity index (χ2n) is 1.42. The molecule has 1 N–H and O–H groups in total. The molecule has 43 valence electrons. The first-order valence-electron chi connectivity index (χ1n) is 2.11. The molecule has 8 heavy (non-hydrogen) atoms. The number of hydrogen-bond donors (Lipinski definition) is 1. The van der Waals surface area contributed by atoms with Gasteiger partial charge in [-0.05, 0) is 6.92 Å². The fourth-order valence-corrected chi connectivity index (χ4v) is 0.256. The lowest BCUT2D eigenvalue weighted by Gasteiger charge is -1.91.